The van der Waals surface area contributed by atoms with E-state index in [4.69, 9.17) is 4.74 Å². The molecular formula is C24H35N3O5. The van der Waals surface area contributed by atoms with E-state index in [0.717, 1.165) is 38.9 Å². The molecule has 0 unspecified atom stereocenters. The van der Waals surface area contributed by atoms with Gasteiger partial charge in [0.25, 0.3) is 0 Å². The normalized spacial score (nSPS) is 16.9. The van der Waals surface area contributed by atoms with Crippen LogP contribution in [-0.2, 0) is 9.53 Å². The number of aromatic nitrogens is 1. The number of hydrogen-bond acceptors (Lipinski definition) is 7. The maximum atomic E-state index is 11.8. The summed E-state index contributed by atoms with van der Waals surface area (Å²) in [5.41, 5.74) is 0.278. The van der Waals surface area contributed by atoms with Gasteiger partial charge in [0, 0.05) is 30.5 Å². The van der Waals surface area contributed by atoms with Gasteiger partial charge in [-0.3, -0.25) is 9.59 Å². The van der Waals surface area contributed by atoms with Gasteiger partial charge in [0.2, 0.25) is 5.56 Å². The number of piperidine rings is 1. The van der Waals surface area contributed by atoms with Crippen LogP contribution in [0.25, 0.3) is 10.9 Å². The van der Waals surface area contributed by atoms with Crippen LogP contribution in [0.2, 0.25) is 0 Å². The molecule has 8 nitrogen and oxygen atoms in total. The SMILES string of the molecule is CC(C)(C)OC(=O)CCCN1CCC(NC[C@@H](O)c2ccc(O)c3[nH]c(=O)ccc23)CC1. The van der Waals surface area contributed by atoms with Crippen LogP contribution in [0.15, 0.2) is 29.1 Å². The highest BCUT2D eigenvalue weighted by atomic mass is 16.6. The molecule has 1 aromatic carbocycles. The number of likely N-dealkylation sites (tertiary alicyclic amines) is 1. The van der Waals surface area contributed by atoms with Crippen LogP contribution in [0.4, 0.5) is 0 Å². The fourth-order valence-electron chi connectivity index (χ4n) is 4.14. The zero-order valence-corrected chi connectivity index (χ0v) is 19.2. The van der Waals surface area contributed by atoms with E-state index in [1.807, 2.05) is 20.8 Å². The topological polar surface area (TPSA) is 115 Å². The van der Waals surface area contributed by atoms with Crippen LogP contribution >= 0.6 is 0 Å². The molecule has 2 aromatic rings. The molecule has 2 heterocycles. The zero-order valence-electron chi connectivity index (χ0n) is 19.2. The third kappa shape index (κ3) is 6.79. The minimum Gasteiger partial charge on any atom is -0.506 e. The van der Waals surface area contributed by atoms with Crippen molar-refractivity contribution in [3.8, 4) is 5.75 Å². The molecule has 176 valence electrons. The number of pyridine rings is 1. The Balaban J connectivity index is 1.43. The summed E-state index contributed by atoms with van der Waals surface area (Å²) in [7, 11) is 0. The van der Waals surface area contributed by atoms with E-state index < -0.39 is 11.7 Å². The Hall–Kier alpha value is -2.42. The number of nitrogens with zero attached hydrogens (tertiary/aromatic N) is 1. The molecule has 8 heteroatoms. The van der Waals surface area contributed by atoms with Crippen molar-refractivity contribution < 1.29 is 19.7 Å². The lowest BCUT2D eigenvalue weighted by Gasteiger charge is -2.33. The Labute approximate surface area is 188 Å². The number of aliphatic hydroxyl groups is 1. The van der Waals surface area contributed by atoms with Gasteiger partial charge in [0.15, 0.2) is 0 Å². The van der Waals surface area contributed by atoms with Crippen molar-refractivity contribution in [3.05, 3.63) is 40.2 Å². The van der Waals surface area contributed by atoms with Crippen LogP contribution in [0, 0.1) is 0 Å². The molecule has 1 atom stereocenters. The van der Waals surface area contributed by atoms with Gasteiger partial charge < -0.3 is 30.2 Å². The second kappa shape index (κ2) is 10.5. The third-order valence-corrected chi connectivity index (χ3v) is 5.73. The molecule has 3 rings (SSSR count). The number of aliphatic hydroxyl groups excluding tert-OH is 1. The number of hydrogen-bond donors (Lipinski definition) is 4. The molecule has 1 aromatic heterocycles. The van der Waals surface area contributed by atoms with Crippen molar-refractivity contribution in [2.75, 3.05) is 26.2 Å². The van der Waals surface area contributed by atoms with Crippen molar-refractivity contribution in [2.45, 2.75) is 64.2 Å². The number of aromatic hydroxyl groups is 1. The number of rotatable bonds is 8. The minimum absolute atomic E-state index is 0.0133. The predicted octanol–water partition coefficient (Wildman–Crippen LogP) is 2.44. The Morgan fingerprint density at radius 3 is 2.66 bits per heavy atom. The summed E-state index contributed by atoms with van der Waals surface area (Å²) in [5.74, 6) is -0.158. The summed E-state index contributed by atoms with van der Waals surface area (Å²) in [4.78, 5) is 28.4. The van der Waals surface area contributed by atoms with E-state index in [-0.39, 0.29) is 17.3 Å². The second-order valence-corrected chi connectivity index (χ2v) is 9.52. The number of carbonyl (C=O) groups is 1. The van der Waals surface area contributed by atoms with Gasteiger partial charge in [-0.2, -0.15) is 0 Å². The molecule has 4 N–H and O–H groups in total. The molecule has 1 aliphatic heterocycles. The van der Waals surface area contributed by atoms with E-state index in [0.29, 0.717) is 35.5 Å². The average molecular weight is 446 g/mol. The maximum Gasteiger partial charge on any atom is 0.306 e. The van der Waals surface area contributed by atoms with Gasteiger partial charge in [-0.25, -0.2) is 0 Å². The van der Waals surface area contributed by atoms with Gasteiger partial charge in [0.1, 0.15) is 11.4 Å². The van der Waals surface area contributed by atoms with Gasteiger partial charge in [-0.15, -0.1) is 0 Å². The van der Waals surface area contributed by atoms with E-state index >= 15 is 0 Å². The standard InChI is InChI=1S/C24H35N3O5/c1-24(2,3)32-22(31)5-4-12-27-13-10-16(11-14-27)25-15-20(29)17-6-8-19(28)23-18(17)7-9-21(30)26-23/h6-9,16,20,25,28-29H,4-5,10-15H2,1-3H3,(H,26,30)/t20-/m1/s1. The number of phenolic OH excluding ortho intramolecular Hbond substituents is 1. The molecular weight excluding hydrogens is 410 g/mol. The second-order valence-electron chi connectivity index (χ2n) is 9.52. The van der Waals surface area contributed by atoms with Crippen molar-refractivity contribution in [1.82, 2.24) is 15.2 Å². The molecule has 0 aliphatic carbocycles. The van der Waals surface area contributed by atoms with Crippen LogP contribution in [0.1, 0.15) is 58.1 Å². The summed E-state index contributed by atoms with van der Waals surface area (Å²) in [6.07, 6.45) is 2.43. The first-order valence-electron chi connectivity index (χ1n) is 11.3. The van der Waals surface area contributed by atoms with E-state index in [9.17, 15) is 19.8 Å². The first-order valence-corrected chi connectivity index (χ1v) is 11.3. The highest BCUT2D eigenvalue weighted by Gasteiger charge is 2.21. The Kier molecular flexibility index (Phi) is 7.92. The fourth-order valence-corrected chi connectivity index (χ4v) is 4.14. The van der Waals surface area contributed by atoms with Crippen molar-refractivity contribution in [1.29, 1.82) is 0 Å². The lowest BCUT2D eigenvalue weighted by Crippen LogP contribution is -2.44. The zero-order chi connectivity index (χ0) is 23.3. The number of phenols is 1. The molecule has 0 bridgehead atoms. The van der Waals surface area contributed by atoms with E-state index in [1.165, 1.54) is 12.1 Å². The van der Waals surface area contributed by atoms with Gasteiger partial charge in [-0.05, 0) is 77.4 Å². The quantitative estimate of drug-likeness (QED) is 0.461. The first-order chi connectivity index (χ1) is 15.1. The van der Waals surface area contributed by atoms with Crippen LogP contribution < -0.4 is 10.9 Å². The van der Waals surface area contributed by atoms with Gasteiger partial charge in [0.05, 0.1) is 11.6 Å². The lowest BCUT2D eigenvalue weighted by atomic mass is 10.0. The summed E-state index contributed by atoms with van der Waals surface area (Å²) in [6, 6.07) is 6.52. The molecule has 1 aliphatic rings. The number of H-pyrrole nitrogens is 1. The van der Waals surface area contributed by atoms with Crippen molar-refractivity contribution in [3.63, 3.8) is 0 Å². The Morgan fingerprint density at radius 2 is 1.97 bits per heavy atom. The number of ether oxygens (including phenoxy) is 1. The summed E-state index contributed by atoms with van der Waals surface area (Å²) in [6.45, 7) is 8.81. The molecule has 0 saturated carbocycles. The van der Waals surface area contributed by atoms with Crippen LogP contribution in [0.3, 0.4) is 0 Å². The van der Waals surface area contributed by atoms with Crippen molar-refractivity contribution >= 4 is 16.9 Å². The summed E-state index contributed by atoms with van der Waals surface area (Å²) >= 11 is 0. The largest absolute Gasteiger partial charge is 0.506 e. The Bertz CT molecular complexity index is 974. The molecule has 1 fully saturated rings. The minimum atomic E-state index is -0.754. The summed E-state index contributed by atoms with van der Waals surface area (Å²) < 4.78 is 5.35. The molecule has 0 spiro atoms. The number of nitrogens with one attached hydrogen (secondary N) is 2. The molecule has 0 amide bonds. The molecule has 1 saturated heterocycles. The number of fused-ring (bicyclic) bond motifs is 1. The number of aromatic amines is 1. The lowest BCUT2D eigenvalue weighted by molar-refractivity contribution is -0.155. The monoisotopic (exact) mass is 445 g/mol. The maximum absolute atomic E-state index is 11.8. The van der Waals surface area contributed by atoms with E-state index in [2.05, 4.69) is 15.2 Å². The smallest absolute Gasteiger partial charge is 0.306 e. The van der Waals surface area contributed by atoms with Gasteiger partial charge >= 0.3 is 5.97 Å². The number of carbonyl (C=O) groups excluding carboxylic acids is 1. The highest BCUT2D eigenvalue weighted by Crippen LogP contribution is 2.28. The van der Waals surface area contributed by atoms with E-state index in [1.54, 1.807) is 12.1 Å². The third-order valence-electron chi connectivity index (χ3n) is 5.73. The van der Waals surface area contributed by atoms with Crippen molar-refractivity contribution in [2.24, 2.45) is 0 Å². The predicted molar refractivity (Wildman–Crippen MR) is 124 cm³/mol. The van der Waals surface area contributed by atoms with Crippen LogP contribution in [0.5, 0.6) is 5.75 Å². The Morgan fingerprint density at radius 1 is 1.25 bits per heavy atom. The molecule has 0 radical (unpaired) electrons. The first kappa shape index (κ1) is 24.2. The molecule has 32 heavy (non-hydrogen) atoms. The van der Waals surface area contributed by atoms with Crippen LogP contribution in [-0.4, -0.2) is 63.9 Å². The fraction of sp³-hybridized carbons (Fsp3) is 0.583. The van der Waals surface area contributed by atoms with Gasteiger partial charge in [-0.1, -0.05) is 6.07 Å². The number of benzene rings is 1. The average Bonchev–Trinajstić information content (AvgIpc) is 2.72. The number of esters is 1. The summed E-state index contributed by atoms with van der Waals surface area (Å²) in [5, 5.41) is 24.8. The highest BCUT2D eigenvalue weighted by molar-refractivity contribution is 5.87.